The van der Waals surface area contributed by atoms with E-state index in [0.717, 1.165) is 192 Å². The molecule has 0 aromatic rings. The molecule has 20 heteroatoms. The maximum Gasteiger partial charge on any atom is 0.305 e. The highest BCUT2D eigenvalue weighted by Crippen LogP contribution is 2.23. The zero-order valence-electron chi connectivity index (χ0n) is 54.1. The van der Waals surface area contributed by atoms with Crippen molar-refractivity contribution in [1.82, 2.24) is 19.6 Å². The summed E-state index contributed by atoms with van der Waals surface area (Å²) in [5.41, 5.74) is 0. The average molecular weight is 1250 g/mol. The number of nitrogens with zero attached hydrogens (tertiary/aromatic N) is 4. The molecule has 0 aromatic carbocycles. The lowest BCUT2D eigenvalue weighted by atomic mass is 10.1. The number of carbonyl (C=O) groups is 5. The van der Waals surface area contributed by atoms with Crippen molar-refractivity contribution in [2.24, 2.45) is 0 Å². The molecule has 18 nitrogen and oxygen atoms in total. The van der Waals surface area contributed by atoms with Gasteiger partial charge in [-0.2, -0.15) is 0 Å². The summed E-state index contributed by atoms with van der Waals surface area (Å²) in [4.78, 5) is 69.8. The minimum absolute atomic E-state index is 0.135. The predicted octanol–water partition coefficient (Wildman–Crippen LogP) is 10.7. The summed E-state index contributed by atoms with van der Waals surface area (Å²) in [5.74, 6) is 1.25. The van der Waals surface area contributed by atoms with Crippen LogP contribution in [-0.4, -0.2) is 217 Å². The Hall–Kier alpha value is -2.27. The van der Waals surface area contributed by atoms with Gasteiger partial charge in [0.25, 0.3) is 0 Å². The average Bonchev–Trinajstić information content (AvgIpc) is 3.50. The van der Waals surface area contributed by atoms with Gasteiger partial charge in [0.2, 0.25) is 0 Å². The Kier molecular flexibility index (Phi) is 55.2. The number of piperazine rings is 1. The van der Waals surface area contributed by atoms with Gasteiger partial charge < -0.3 is 44.1 Å². The van der Waals surface area contributed by atoms with Crippen molar-refractivity contribution in [2.75, 3.05) is 123 Å². The minimum atomic E-state index is -0.545. The first kappa shape index (κ1) is 80.7. The Bertz CT molecular complexity index is 1520. The fraction of sp³-hybridized carbons (Fsp3) is 0.923. The highest BCUT2D eigenvalue weighted by atomic mass is 33.1. The zero-order chi connectivity index (χ0) is 62.2. The summed E-state index contributed by atoms with van der Waals surface area (Å²) in [6.07, 6.45) is 22.9. The number of ether oxygens (including phenoxy) is 5. The number of unbranched alkanes of at least 4 members (excludes halogenated alkanes) is 14. The van der Waals surface area contributed by atoms with E-state index < -0.39 is 24.4 Å². The van der Waals surface area contributed by atoms with E-state index in [-0.39, 0.29) is 29.8 Å². The van der Waals surface area contributed by atoms with Crippen LogP contribution in [0, 0.1) is 0 Å². The lowest BCUT2D eigenvalue weighted by Gasteiger charge is -2.34. The van der Waals surface area contributed by atoms with Gasteiger partial charge in [-0.1, -0.05) is 126 Å². The minimum Gasteiger partial charge on any atom is -0.466 e. The summed E-state index contributed by atoms with van der Waals surface area (Å²) < 4.78 is 26.7. The van der Waals surface area contributed by atoms with Crippen LogP contribution in [-0.2, 0) is 47.7 Å². The summed E-state index contributed by atoms with van der Waals surface area (Å²) in [5, 5.41) is 43.9. The van der Waals surface area contributed by atoms with Crippen LogP contribution in [0.15, 0.2) is 0 Å². The van der Waals surface area contributed by atoms with Crippen LogP contribution in [0.3, 0.4) is 0 Å². The second kappa shape index (κ2) is 58.1. The maximum absolute atomic E-state index is 12.8. The summed E-state index contributed by atoms with van der Waals surface area (Å²) in [6.45, 7) is 19.4. The molecule has 1 fully saturated rings. The molecule has 4 atom stereocenters. The number of hydrogen-bond acceptors (Lipinski definition) is 20. The Balaban J connectivity index is 2.40. The fourth-order valence-electron chi connectivity index (χ4n) is 9.97. The molecular weight excluding hydrogens is 1120 g/mol. The van der Waals surface area contributed by atoms with Crippen LogP contribution in [0.1, 0.15) is 240 Å². The smallest absolute Gasteiger partial charge is 0.305 e. The quantitative estimate of drug-likeness (QED) is 0.0192. The molecule has 4 N–H and O–H groups in total. The van der Waals surface area contributed by atoms with Gasteiger partial charge in [0.1, 0.15) is 6.61 Å². The zero-order valence-corrected chi connectivity index (χ0v) is 55.7. The Morgan fingerprint density at radius 1 is 0.353 bits per heavy atom. The second-order valence-electron chi connectivity index (χ2n) is 23.5. The number of aliphatic hydroxyl groups excluding tert-OH is 4. The molecule has 0 spiro atoms. The fourth-order valence-corrected chi connectivity index (χ4v) is 12.1. The maximum atomic E-state index is 12.8. The second-order valence-corrected chi connectivity index (χ2v) is 26.2. The van der Waals surface area contributed by atoms with Crippen molar-refractivity contribution in [3.05, 3.63) is 0 Å². The van der Waals surface area contributed by atoms with Crippen LogP contribution in [0.25, 0.3) is 0 Å². The number of aliphatic hydroxyl groups is 4. The number of carbonyl (C=O) groups excluding carboxylic acids is 5. The van der Waals surface area contributed by atoms with Crippen molar-refractivity contribution >= 4 is 51.4 Å². The third kappa shape index (κ3) is 52.2. The van der Waals surface area contributed by atoms with Crippen molar-refractivity contribution in [3.63, 3.8) is 0 Å². The predicted molar refractivity (Wildman–Crippen MR) is 345 cm³/mol. The summed E-state index contributed by atoms with van der Waals surface area (Å²) >= 11 is 0. The highest BCUT2D eigenvalue weighted by Gasteiger charge is 2.20. The van der Waals surface area contributed by atoms with E-state index in [1.165, 1.54) is 0 Å². The topological polar surface area (TPSA) is 225 Å². The lowest BCUT2D eigenvalue weighted by molar-refractivity contribution is -0.145. The van der Waals surface area contributed by atoms with Crippen molar-refractivity contribution in [1.29, 1.82) is 0 Å². The number of rotatable bonds is 61. The first-order valence-electron chi connectivity index (χ1n) is 33.9. The van der Waals surface area contributed by atoms with Crippen LogP contribution in [0.4, 0.5) is 0 Å². The molecule has 1 heterocycles. The molecule has 1 rings (SSSR count). The Morgan fingerprint density at radius 3 is 1.00 bits per heavy atom. The van der Waals surface area contributed by atoms with Crippen LogP contribution < -0.4 is 0 Å². The molecule has 0 bridgehead atoms. The first-order valence-corrected chi connectivity index (χ1v) is 36.4. The standard InChI is InChI=1S/C65H124N4O14S2/c1-5-9-46-79-61(74)33-19-15-13-17-29-57(70)53-68(54-58(71)30-18-14-16-20-34-62(75)80-47-10-6-2)38-26-25-37-65(78)83-50-44-66-40-42-67(43-41-66)45-52-85-84-51-28-27-39-69(55-59(72)31-21-23-35-63(76)81-48-11-7-3)56-60(73)32-22-24-36-64(77)82-49-12-8-4/h57-60,70-73H,5-56H2,1-4H3. The monoisotopic (exact) mass is 1250 g/mol. The Morgan fingerprint density at radius 2 is 0.635 bits per heavy atom. The molecule has 1 aliphatic rings. The van der Waals surface area contributed by atoms with Gasteiger partial charge >= 0.3 is 29.8 Å². The molecular formula is C65H124N4O14S2. The van der Waals surface area contributed by atoms with E-state index >= 15 is 0 Å². The van der Waals surface area contributed by atoms with Crippen LogP contribution in [0.5, 0.6) is 0 Å². The van der Waals surface area contributed by atoms with E-state index in [0.29, 0.717) is 143 Å². The molecule has 500 valence electrons. The summed E-state index contributed by atoms with van der Waals surface area (Å²) in [7, 11) is 3.81. The largest absolute Gasteiger partial charge is 0.466 e. The third-order valence-corrected chi connectivity index (χ3v) is 17.8. The van der Waals surface area contributed by atoms with E-state index in [1.807, 2.05) is 21.6 Å². The summed E-state index contributed by atoms with van der Waals surface area (Å²) in [6, 6.07) is 0. The van der Waals surface area contributed by atoms with Crippen molar-refractivity contribution in [2.45, 2.75) is 264 Å². The van der Waals surface area contributed by atoms with E-state index in [9.17, 15) is 44.4 Å². The lowest BCUT2D eigenvalue weighted by Crippen LogP contribution is -2.47. The van der Waals surface area contributed by atoms with Gasteiger partial charge in [0, 0.05) is 109 Å². The normalized spacial score (nSPS) is 14.6. The van der Waals surface area contributed by atoms with Gasteiger partial charge in [-0.25, -0.2) is 0 Å². The number of esters is 5. The van der Waals surface area contributed by atoms with Crippen LogP contribution in [0.2, 0.25) is 0 Å². The Labute approximate surface area is 523 Å². The van der Waals surface area contributed by atoms with Gasteiger partial charge in [-0.05, 0) is 116 Å². The molecule has 0 saturated carbocycles. The molecule has 4 unspecified atom stereocenters. The molecule has 0 aromatic heterocycles. The molecule has 85 heavy (non-hydrogen) atoms. The highest BCUT2D eigenvalue weighted by molar-refractivity contribution is 8.76. The molecule has 0 amide bonds. The van der Waals surface area contributed by atoms with Gasteiger partial charge in [0.15, 0.2) is 0 Å². The van der Waals surface area contributed by atoms with E-state index in [2.05, 4.69) is 47.3 Å². The van der Waals surface area contributed by atoms with Gasteiger partial charge in [0.05, 0.1) is 50.8 Å². The molecule has 0 aliphatic carbocycles. The molecule has 1 aliphatic heterocycles. The SMILES string of the molecule is CCCCOC(=O)CCCCCCC(O)CN(CCCCC(=O)OCCN1CCN(CCSSCCCCN(CC(O)CCCCC(=O)OCCCC)CC(O)CCCCC(=O)OCCCC)CC1)CC(O)CCCCCCC(=O)OCCCC. The first-order chi connectivity index (χ1) is 41.3. The van der Waals surface area contributed by atoms with Crippen LogP contribution >= 0.6 is 21.6 Å². The molecule has 1 saturated heterocycles. The van der Waals surface area contributed by atoms with Gasteiger partial charge in [-0.15, -0.1) is 0 Å². The van der Waals surface area contributed by atoms with Crippen molar-refractivity contribution in [3.8, 4) is 0 Å². The number of hydrogen-bond donors (Lipinski definition) is 4. The van der Waals surface area contributed by atoms with E-state index in [4.69, 9.17) is 23.7 Å². The van der Waals surface area contributed by atoms with Gasteiger partial charge in [-0.3, -0.25) is 43.6 Å². The van der Waals surface area contributed by atoms with Crippen molar-refractivity contribution < 1.29 is 68.1 Å². The molecule has 0 radical (unpaired) electrons. The van der Waals surface area contributed by atoms with E-state index in [1.54, 1.807) is 0 Å². The third-order valence-electron chi connectivity index (χ3n) is 15.4.